The number of benzene rings is 1. The molecule has 0 saturated carbocycles. The normalized spacial score (nSPS) is 17.4. The molecule has 0 bridgehead atoms. The van der Waals surface area contributed by atoms with Crippen LogP contribution in [0.2, 0.25) is 0 Å². The van der Waals surface area contributed by atoms with Crippen LogP contribution in [0.1, 0.15) is 18.4 Å². The molecule has 0 saturated heterocycles. The number of hydrogen-bond donors (Lipinski definition) is 1. The highest BCUT2D eigenvalue weighted by Crippen LogP contribution is 2.37. The number of hydrogen-bond acceptors (Lipinski definition) is 2. The standard InChI is InChI=1S/C15H13BrN2O2/c1-8(12-13(16)15(20)18(2)14(12)19)10-7-17-11-6-4-3-5-9(10)11/h3-8,17H,1-2H3. The SMILES string of the molecule is CC(C1=C(Br)C(=O)N(C)C1=O)c1c[nH]c2ccccc12. The Balaban J connectivity index is 2.12. The van der Waals surface area contributed by atoms with Crippen molar-refractivity contribution in [2.75, 3.05) is 7.05 Å². The summed E-state index contributed by atoms with van der Waals surface area (Å²) in [5.41, 5.74) is 2.56. The highest BCUT2D eigenvalue weighted by molar-refractivity contribution is 9.12. The molecule has 1 aliphatic heterocycles. The van der Waals surface area contributed by atoms with Gasteiger partial charge < -0.3 is 4.98 Å². The molecule has 1 aromatic heterocycles. The maximum atomic E-state index is 12.2. The van der Waals surface area contributed by atoms with Crippen LogP contribution in [-0.2, 0) is 9.59 Å². The summed E-state index contributed by atoms with van der Waals surface area (Å²) in [4.78, 5) is 28.4. The summed E-state index contributed by atoms with van der Waals surface area (Å²) in [5.74, 6) is -0.668. The molecule has 2 amide bonds. The molecular weight excluding hydrogens is 320 g/mol. The van der Waals surface area contributed by atoms with Crippen LogP contribution in [0.25, 0.3) is 10.9 Å². The van der Waals surface area contributed by atoms with E-state index in [-0.39, 0.29) is 17.7 Å². The molecule has 1 atom stereocenters. The number of para-hydroxylation sites is 1. The number of likely N-dealkylation sites (N-methyl/N-ethyl adjacent to an activating group) is 1. The number of H-pyrrole nitrogens is 1. The second-order valence-electron chi connectivity index (χ2n) is 4.91. The lowest BCUT2D eigenvalue weighted by atomic mass is 9.92. The molecule has 5 heteroatoms. The van der Waals surface area contributed by atoms with E-state index in [1.165, 1.54) is 7.05 Å². The number of rotatable bonds is 2. The van der Waals surface area contributed by atoms with Crippen LogP contribution >= 0.6 is 15.9 Å². The number of carbonyl (C=O) groups excluding carboxylic acids is 2. The fourth-order valence-corrected chi connectivity index (χ4v) is 3.39. The third kappa shape index (κ3) is 1.73. The van der Waals surface area contributed by atoms with Crippen LogP contribution < -0.4 is 0 Å². The number of nitrogens with zero attached hydrogens (tertiary/aromatic N) is 1. The first-order chi connectivity index (χ1) is 9.52. The first kappa shape index (κ1) is 13.1. The summed E-state index contributed by atoms with van der Waals surface area (Å²) in [6.07, 6.45) is 1.90. The minimum absolute atomic E-state index is 0.151. The Labute approximate surface area is 124 Å². The number of nitrogens with one attached hydrogen (secondary N) is 1. The van der Waals surface area contributed by atoms with Gasteiger partial charge >= 0.3 is 0 Å². The number of carbonyl (C=O) groups is 2. The summed E-state index contributed by atoms with van der Waals surface area (Å²) in [5, 5.41) is 1.07. The Morgan fingerprint density at radius 1 is 1.20 bits per heavy atom. The Bertz CT molecular complexity index is 760. The number of aromatic amines is 1. The molecule has 0 aliphatic carbocycles. The zero-order valence-corrected chi connectivity index (χ0v) is 12.7. The van der Waals surface area contributed by atoms with E-state index < -0.39 is 0 Å². The molecule has 0 radical (unpaired) electrons. The van der Waals surface area contributed by atoms with Crippen LogP contribution in [0.15, 0.2) is 40.5 Å². The summed E-state index contributed by atoms with van der Waals surface area (Å²) in [7, 11) is 1.50. The van der Waals surface area contributed by atoms with Crippen molar-refractivity contribution in [2.24, 2.45) is 0 Å². The van der Waals surface area contributed by atoms with E-state index in [9.17, 15) is 9.59 Å². The molecular formula is C15H13BrN2O2. The molecule has 0 fully saturated rings. The van der Waals surface area contributed by atoms with Crippen molar-refractivity contribution >= 4 is 38.6 Å². The van der Waals surface area contributed by atoms with Gasteiger partial charge in [-0.25, -0.2) is 0 Å². The Hall–Kier alpha value is -1.88. The average molecular weight is 333 g/mol. The van der Waals surface area contributed by atoms with Crippen molar-refractivity contribution in [1.82, 2.24) is 9.88 Å². The first-order valence-corrected chi connectivity index (χ1v) is 7.09. The van der Waals surface area contributed by atoms with Crippen molar-refractivity contribution in [1.29, 1.82) is 0 Å². The summed E-state index contributed by atoms with van der Waals surface area (Å²) in [6, 6.07) is 7.92. The van der Waals surface area contributed by atoms with Gasteiger partial charge in [-0.05, 0) is 27.6 Å². The van der Waals surface area contributed by atoms with E-state index in [0.717, 1.165) is 21.4 Å². The van der Waals surface area contributed by atoms with Crippen molar-refractivity contribution < 1.29 is 9.59 Å². The largest absolute Gasteiger partial charge is 0.361 e. The van der Waals surface area contributed by atoms with E-state index in [2.05, 4.69) is 20.9 Å². The number of imide groups is 1. The van der Waals surface area contributed by atoms with Gasteiger partial charge in [0, 0.05) is 35.6 Å². The monoisotopic (exact) mass is 332 g/mol. The van der Waals surface area contributed by atoms with E-state index in [4.69, 9.17) is 0 Å². The predicted molar refractivity (Wildman–Crippen MR) is 80.4 cm³/mol. The molecule has 2 heterocycles. The molecule has 1 aliphatic rings. The number of aromatic nitrogens is 1. The number of amides is 2. The number of halogens is 1. The van der Waals surface area contributed by atoms with Crippen molar-refractivity contribution in [3.63, 3.8) is 0 Å². The van der Waals surface area contributed by atoms with Crippen molar-refractivity contribution in [3.05, 3.63) is 46.1 Å². The maximum absolute atomic E-state index is 12.2. The van der Waals surface area contributed by atoms with Crippen LogP contribution in [0.4, 0.5) is 0 Å². The molecule has 20 heavy (non-hydrogen) atoms. The second kappa shape index (κ2) is 4.59. The summed E-state index contributed by atoms with van der Waals surface area (Å²) < 4.78 is 0.364. The van der Waals surface area contributed by atoms with Gasteiger partial charge in [0.2, 0.25) is 0 Å². The zero-order valence-electron chi connectivity index (χ0n) is 11.1. The highest BCUT2D eigenvalue weighted by Gasteiger charge is 2.37. The summed E-state index contributed by atoms with van der Waals surface area (Å²) >= 11 is 3.26. The Kier molecular flexibility index (Phi) is 3.01. The third-order valence-corrected chi connectivity index (χ3v) is 4.55. The fourth-order valence-electron chi connectivity index (χ4n) is 2.61. The fraction of sp³-hybridized carbons (Fsp3) is 0.200. The summed E-state index contributed by atoms with van der Waals surface area (Å²) in [6.45, 7) is 1.94. The Morgan fingerprint density at radius 3 is 2.55 bits per heavy atom. The van der Waals surface area contributed by atoms with Gasteiger partial charge in [-0.2, -0.15) is 0 Å². The minimum atomic E-state index is -0.281. The number of fused-ring (bicyclic) bond motifs is 1. The van der Waals surface area contributed by atoms with Gasteiger partial charge in [0.25, 0.3) is 11.8 Å². The minimum Gasteiger partial charge on any atom is -0.361 e. The van der Waals surface area contributed by atoms with Crippen LogP contribution in [0, 0.1) is 0 Å². The van der Waals surface area contributed by atoms with Gasteiger partial charge in [0.05, 0.1) is 4.48 Å². The van der Waals surface area contributed by atoms with Gasteiger partial charge in [-0.1, -0.05) is 25.1 Å². The van der Waals surface area contributed by atoms with Gasteiger partial charge in [0.15, 0.2) is 0 Å². The lowest BCUT2D eigenvalue weighted by Gasteiger charge is -2.12. The van der Waals surface area contributed by atoms with Crippen molar-refractivity contribution in [2.45, 2.75) is 12.8 Å². The van der Waals surface area contributed by atoms with Gasteiger partial charge in [-0.3, -0.25) is 14.5 Å². The molecule has 1 aromatic carbocycles. The van der Waals surface area contributed by atoms with E-state index in [1.54, 1.807) is 0 Å². The topological polar surface area (TPSA) is 53.2 Å². The molecule has 102 valence electrons. The van der Waals surface area contributed by atoms with Crippen LogP contribution in [-0.4, -0.2) is 28.7 Å². The Morgan fingerprint density at radius 2 is 1.90 bits per heavy atom. The second-order valence-corrected chi connectivity index (χ2v) is 5.70. The lowest BCUT2D eigenvalue weighted by molar-refractivity contribution is -0.135. The lowest BCUT2D eigenvalue weighted by Crippen LogP contribution is -2.27. The van der Waals surface area contributed by atoms with E-state index in [1.807, 2.05) is 37.4 Å². The van der Waals surface area contributed by atoms with Crippen molar-refractivity contribution in [3.8, 4) is 0 Å². The van der Waals surface area contributed by atoms with Crippen LogP contribution in [0.5, 0.6) is 0 Å². The molecule has 2 aromatic rings. The molecule has 0 spiro atoms. The maximum Gasteiger partial charge on any atom is 0.268 e. The quantitative estimate of drug-likeness (QED) is 0.859. The molecule has 3 rings (SSSR count). The third-order valence-electron chi connectivity index (χ3n) is 3.78. The van der Waals surface area contributed by atoms with Gasteiger partial charge in [-0.15, -0.1) is 0 Å². The van der Waals surface area contributed by atoms with Crippen LogP contribution in [0.3, 0.4) is 0 Å². The smallest absolute Gasteiger partial charge is 0.268 e. The molecule has 4 nitrogen and oxygen atoms in total. The molecule has 1 unspecified atom stereocenters. The van der Waals surface area contributed by atoms with E-state index >= 15 is 0 Å². The first-order valence-electron chi connectivity index (χ1n) is 6.30. The average Bonchev–Trinajstić information content (AvgIpc) is 2.96. The molecule has 1 N–H and O–H groups in total. The predicted octanol–water partition coefficient (Wildman–Crippen LogP) is 2.92. The van der Waals surface area contributed by atoms with Gasteiger partial charge in [0.1, 0.15) is 0 Å². The zero-order chi connectivity index (χ0) is 14.4. The van der Waals surface area contributed by atoms with E-state index in [0.29, 0.717) is 10.1 Å². The highest BCUT2D eigenvalue weighted by atomic mass is 79.9.